The van der Waals surface area contributed by atoms with Gasteiger partial charge in [0.2, 0.25) is 0 Å². The van der Waals surface area contributed by atoms with E-state index in [-0.39, 0.29) is 0 Å². The molecule has 1 N–H and O–H groups in total. The summed E-state index contributed by atoms with van der Waals surface area (Å²) in [4.78, 5) is 7.88. The average molecular weight is 314 g/mol. The third kappa shape index (κ3) is 7.02. The monoisotopic (exact) mass is 314 g/mol. The van der Waals surface area contributed by atoms with Gasteiger partial charge in [0, 0.05) is 0 Å². The van der Waals surface area contributed by atoms with E-state index < -0.39 is 0 Å². The molecular formula is C20H30N2O. The Morgan fingerprint density at radius 1 is 1.13 bits per heavy atom. The molecule has 2 rings (SSSR count). The van der Waals surface area contributed by atoms with Gasteiger partial charge in [-0.2, -0.15) is 0 Å². The molecule has 1 aromatic carbocycles. The van der Waals surface area contributed by atoms with Crippen LogP contribution in [0.3, 0.4) is 0 Å². The fraction of sp³-hybridized carbons (Fsp3) is 0.500. The number of hydroxylamine groups is 1. The Hall–Kier alpha value is -1.58. The Labute approximate surface area is 141 Å². The summed E-state index contributed by atoms with van der Waals surface area (Å²) in [6.45, 7) is 1.78. The summed E-state index contributed by atoms with van der Waals surface area (Å²) in [5.74, 6) is 0. The van der Waals surface area contributed by atoms with E-state index in [1.807, 2.05) is 0 Å². The minimum absolute atomic E-state index is 0.730. The zero-order valence-corrected chi connectivity index (χ0v) is 14.6. The molecule has 0 unspecified atom stereocenters. The molecule has 1 aromatic rings. The largest absolute Gasteiger partial charge is 0.309 e. The predicted molar refractivity (Wildman–Crippen MR) is 97.8 cm³/mol. The molecule has 0 amide bonds. The van der Waals surface area contributed by atoms with Crippen molar-refractivity contribution in [1.29, 1.82) is 0 Å². The molecule has 0 radical (unpaired) electrons. The molecule has 3 nitrogen and oxygen atoms in total. The van der Waals surface area contributed by atoms with Crippen molar-refractivity contribution in [3.05, 3.63) is 53.2 Å². The van der Waals surface area contributed by atoms with Crippen molar-refractivity contribution in [2.24, 2.45) is 0 Å². The normalized spacial score (nSPS) is 17.7. The number of nitrogens with zero attached hydrogens (tertiary/aromatic N) is 1. The Morgan fingerprint density at radius 2 is 1.96 bits per heavy atom. The highest BCUT2D eigenvalue weighted by Gasteiger charge is 2.09. The molecule has 0 aliphatic heterocycles. The van der Waals surface area contributed by atoms with E-state index in [9.17, 15) is 0 Å². The highest BCUT2D eigenvalue weighted by molar-refractivity contribution is 5.57. The molecule has 0 atom stereocenters. The van der Waals surface area contributed by atoms with Crippen LogP contribution in [0.2, 0.25) is 0 Å². The van der Waals surface area contributed by atoms with Crippen molar-refractivity contribution < 1.29 is 4.84 Å². The van der Waals surface area contributed by atoms with Crippen LogP contribution in [0.4, 0.5) is 0 Å². The molecule has 3 heteroatoms. The van der Waals surface area contributed by atoms with Crippen LogP contribution < -0.4 is 5.48 Å². The molecule has 0 aromatic heterocycles. The van der Waals surface area contributed by atoms with Gasteiger partial charge in [-0.3, -0.25) is 10.3 Å². The van der Waals surface area contributed by atoms with E-state index >= 15 is 0 Å². The van der Waals surface area contributed by atoms with Gasteiger partial charge < -0.3 is 4.90 Å². The highest BCUT2D eigenvalue weighted by Crippen LogP contribution is 2.23. The van der Waals surface area contributed by atoms with Gasteiger partial charge in [0.25, 0.3) is 0 Å². The smallest absolute Gasteiger partial charge is 0.0758 e. The average Bonchev–Trinajstić information content (AvgIpc) is 2.53. The topological polar surface area (TPSA) is 24.5 Å². The van der Waals surface area contributed by atoms with Crippen molar-refractivity contribution in [1.82, 2.24) is 10.4 Å². The molecule has 126 valence electrons. The van der Waals surface area contributed by atoms with Crippen LogP contribution in [0.25, 0.3) is 6.08 Å². The van der Waals surface area contributed by atoms with Gasteiger partial charge in [-0.25, -0.2) is 0 Å². The SMILES string of the molecule is CN(C)CCCONC1=CCCCCCC1=Cc1ccccc1. The minimum Gasteiger partial charge on any atom is -0.309 e. The molecule has 1 aliphatic rings. The van der Waals surface area contributed by atoms with E-state index in [0.717, 1.165) is 38.1 Å². The summed E-state index contributed by atoms with van der Waals surface area (Å²) >= 11 is 0. The number of nitrogens with one attached hydrogen (secondary N) is 1. The lowest BCUT2D eigenvalue weighted by atomic mass is 9.97. The summed E-state index contributed by atoms with van der Waals surface area (Å²) in [5.41, 5.74) is 6.96. The molecule has 0 spiro atoms. The second kappa shape index (κ2) is 10.2. The number of benzene rings is 1. The second-order valence-corrected chi connectivity index (χ2v) is 6.40. The molecule has 0 saturated heterocycles. The van der Waals surface area contributed by atoms with E-state index in [1.165, 1.54) is 30.4 Å². The van der Waals surface area contributed by atoms with Crippen molar-refractivity contribution in [3.8, 4) is 0 Å². The lowest BCUT2D eigenvalue weighted by molar-refractivity contribution is 0.0586. The van der Waals surface area contributed by atoms with Gasteiger partial charge in [0.05, 0.1) is 12.3 Å². The van der Waals surface area contributed by atoms with Gasteiger partial charge in [-0.1, -0.05) is 42.8 Å². The standard InChI is InChI=1S/C20H30N2O/c1-22(2)15-10-16-23-21-20-14-9-4-3-8-13-19(20)17-18-11-6-5-7-12-18/h5-7,11-12,14,17,21H,3-4,8-10,13,15-16H2,1-2H3. The molecule has 23 heavy (non-hydrogen) atoms. The Kier molecular flexibility index (Phi) is 7.91. The minimum atomic E-state index is 0.730. The first kappa shape index (κ1) is 17.8. The number of hydrogen-bond donors (Lipinski definition) is 1. The summed E-state index contributed by atoms with van der Waals surface area (Å²) in [5, 5.41) is 0. The van der Waals surface area contributed by atoms with E-state index in [2.05, 4.69) is 67.0 Å². The summed E-state index contributed by atoms with van der Waals surface area (Å²) < 4.78 is 0. The summed E-state index contributed by atoms with van der Waals surface area (Å²) in [6.07, 6.45) is 11.7. The van der Waals surface area contributed by atoms with Crippen LogP contribution >= 0.6 is 0 Å². The maximum atomic E-state index is 5.70. The zero-order valence-electron chi connectivity index (χ0n) is 14.6. The maximum absolute atomic E-state index is 5.70. The van der Waals surface area contributed by atoms with Gasteiger partial charge in [0.1, 0.15) is 0 Å². The van der Waals surface area contributed by atoms with Crippen LogP contribution in [0.1, 0.15) is 44.1 Å². The van der Waals surface area contributed by atoms with Crippen LogP contribution in [-0.4, -0.2) is 32.1 Å². The highest BCUT2D eigenvalue weighted by atomic mass is 16.6. The Bertz CT molecular complexity index is 506. The fourth-order valence-corrected chi connectivity index (χ4v) is 2.74. The molecular weight excluding hydrogens is 284 g/mol. The van der Waals surface area contributed by atoms with Crippen molar-refractivity contribution in [2.45, 2.75) is 38.5 Å². The lowest BCUT2D eigenvalue weighted by Crippen LogP contribution is -2.20. The predicted octanol–water partition coefficient (Wildman–Crippen LogP) is 4.39. The van der Waals surface area contributed by atoms with E-state index in [0.29, 0.717) is 0 Å². The maximum Gasteiger partial charge on any atom is 0.0758 e. The molecule has 0 heterocycles. The van der Waals surface area contributed by atoms with Crippen LogP contribution in [0, 0.1) is 0 Å². The second-order valence-electron chi connectivity index (χ2n) is 6.40. The van der Waals surface area contributed by atoms with Crippen molar-refractivity contribution in [3.63, 3.8) is 0 Å². The third-order valence-electron chi connectivity index (χ3n) is 4.02. The molecule has 0 fully saturated rings. The first-order valence-corrected chi connectivity index (χ1v) is 8.74. The fourth-order valence-electron chi connectivity index (χ4n) is 2.74. The van der Waals surface area contributed by atoms with Crippen molar-refractivity contribution in [2.75, 3.05) is 27.2 Å². The van der Waals surface area contributed by atoms with E-state index in [4.69, 9.17) is 4.84 Å². The summed E-state index contributed by atoms with van der Waals surface area (Å²) in [6, 6.07) is 10.5. The Balaban J connectivity index is 1.97. The van der Waals surface area contributed by atoms with Gasteiger partial charge >= 0.3 is 0 Å². The number of allylic oxidation sites excluding steroid dienone is 2. The van der Waals surface area contributed by atoms with E-state index in [1.54, 1.807) is 0 Å². The first-order valence-electron chi connectivity index (χ1n) is 8.74. The van der Waals surface area contributed by atoms with Crippen LogP contribution in [0.5, 0.6) is 0 Å². The number of rotatable bonds is 7. The molecule has 0 saturated carbocycles. The first-order chi connectivity index (χ1) is 11.3. The lowest BCUT2D eigenvalue weighted by Gasteiger charge is -2.18. The number of hydrogen-bond acceptors (Lipinski definition) is 3. The van der Waals surface area contributed by atoms with Crippen molar-refractivity contribution >= 4 is 6.08 Å². The Morgan fingerprint density at radius 3 is 2.74 bits per heavy atom. The third-order valence-corrected chi connectivity index (χ3v) is 4.02. The van der Waals surface area contributed by atoms with Gasteiger partial charge in [-0.05, 0) is 70.0 Å². The summed E-state index contributed by atoms with van der Waals surface area (Å²) in [7, 11) is 4.18. The molecule has 1 aliphatic carbocycles. The molecule has 0 bridgehead atoms. The van der Waals surface area contributed by atoms with Crippen LogP contribution in [-0.2, 0) is 4.84 Å². The van der Waals surface area contributed by atoms with Gasteiger partial charge in [0.15, 0.2) is 0 Å². The van der Waals surface area contributed by atoms with Crippen LogP contribution in [0.15, 0.2) is 47.7 Å². The quantitative estimate of drug-likeness (QED) is 0.596. The zero-order chi connectivity index (χ0) is 16.3. The van der Waals surface area contributed by atoms with Gasteiger partial charge in [-0.15, -0.1) is 0 Å².